The number of carbonyl (C=O) groups excluding carboxylic acids is 1. The summed E-state index contributed by atoms with van der Waals surface area (Å²) in [6, 6.07) is 8.19. The predicted molar refractivity (Wildman–Crippen MR) is 92.2 cm³/mol. The fourth-order valence-electron chi connectivity index (χ4n) is 2.31. The lowest BCUT2D eigenvalue weighted by atomic mass is 9.97. The molecule has 126 valence electrons. The molecule has 1 aromatic rings. The average molecular weight is 317 g/mol. The van der Waals surface area contributed by atoms with Crippen molar-refractivity contribution < 1.29 is 9.53 Å². The number of hydrogen-bond donors (Lipinski definition) is 0. The van der Waals surface area contributed by atoms with Gasteiger partial charge in [0.1, 0.15) is 0 Å². The summed E-state index contributed by atoms with van der Waals surface area (Å²) in [6.07, 6.45) is 1.76. The molecule has 5 heteroatoms. The molecule has 0 radical (unpaired) electrons. The van der Waals surface area contributed by atoms with Crippen molar-refractivity contribution in [3.63, 3.8) is 0 Å². The molecule has 1 aromatic carbocycles. The maximum atomic E-state index is 12.1. The molecule has 5 nitrogen and oxygen atoms in total. The van der Waals surface area contributed by atoms with Crippen LogP contribution in [0.3, 0.4) is 0 Å². The van der Waals surface area contributed by atoms with Crippen LogP contribution in [-0.4, -0.2) is 19.1 Å². The second kappa shape index (κ2) is 9.90. The molecule has 0 aliphatic rings. The molecule has 0 fully saturated rings. The van der Waals surface area contributed by atoms with E-state index in [0.717, 1.165) is 18.4 Å². The summed E-state index contributed by atoms with van der Waals surface area (Å²) in [5.41, 5.74) is 10.5. The Hall–Kier alpha value is -2.00. The fourth-order valence-corrected chi connectivity index (χ4v) is 2.31. The quantitative estimate of drug-likeness (QED) is 0.282. The summed E-state index contributed by atoms with van der Waals surface area (Å²) in [4.78, 5) is 14.8. The number of carbonyl (C=O) groups is 1. The van der Waals surface area contributed by atoms with Gasteiger partial charge in [0.2, 0.25) is 0 Å². The van der Waals surface area contributed by atoms with Crippen LogP contribution in [0, 0.1) is 11.8 Å². The molecule has 0 saturated heterocycles. The van der Waals surface area contributed by atoms with E-state index in [0.29, 0.717) is 19.1 Å². The van der Waals surface area contributed by atoms with Gasteiger partial charge in [0.25, 0.3) is 0 Å². The summed E-state index contributed by atoms with van der Waals surface area (Å²) in [5, 5.41) is 3.49. The zero-order valence-corrected chi connectivity index (χ0v) is 14.5. The molecular formula is C18H27N3O2. The fraction of sp³-hybridized carbons (Fsp3) is 0.611. The van der Waals surface area contributed by atoms with Gasteiger partial charge in [-0.1, -0.05) is 50.2 Å². The van der Waals surface area contributed by atoms with Crippen LogP contribution in [0.2, 0.25) is 0 Å². The Kier molecular flexibility index (Phi) is 8.20. The standard InChI is InChI=1S/C18H27N3O2/c1-13(2)11-16-5-7-17(8-6-16)15(4)18(22)23-12-14(3)9-10-20-21-19/h5-8,13-15H,9-12H2,1-4H3/t14?,15-/m0/s1. The largest absolute Gasteiger partial charge is 0.465 e. The Morgan fingerprint density at radius 1 is 1.22 bits per heavy atom. The number of ether oxygens (including phenoxy) is 1. The van der Waals surface area contributed by atoms with E-state index < -0.39 is 0 Å². The van der Waals surface area contributed by atoms with Gasteiger partial charge < -0.3 is 4.74 Å². The molecule has 23 heavy (non-hydrogen) atoms. The number of nitrogens with zero attached hydrogens (tertiary/aromatic N) is 3. The average Bonchev–Trinajstić information content (AvgIpc) is 2.52. The Balaban J connectivity index is 2.47. The Morgan fingerprint density at radius 2 is 1.87 bits per heavy atom. The van der Waals surface area contributed by atoms with Crippen molar-refractivity contribution in [3.8, 4) is 0 Å². The first-order valence-corrected chi connectivity index (χ1v) is 8.20. The van der Waals surface area contributed by atoms with Crippen LogP contribution in [0.1, 0.15) is 51.2 Å². The lowest BCUT2D eigenvalue weighted by molar-refractivity contribution is -0.146. The van der Waals surface area contributed by atoms with E-state index in [1.54, 1.807) is 0 Å². The van der Waals surface area contributed by atoms with Crippen LogP contribution in [0.5, 0.6) is 0 Å². The molecule has 0 spiro atoms. The molecule has 0 heterocycles. The molecule has 0 N–H and O–H groups in total. The third kappa shape index (κ3) is 7.20. The van der Waals surface area contributed by atoms with Gasteiger partial charge in [0, 0.05) is 11.5 Å². The highest BCUT2D eigenvalue weighted by molar-refractivity contribution is 5.77. The lowest BCUT2D eigenvalue weighted by Gasteiger charge is -2.15. The highest BCUT2D eigenvalue weighted by atomic mass is 16.5. The highest BCUT2D eigenvalue weighted by Crippen LogP contribution is 2.19. The zero-order chi connectivity index (χ0) is 17.2. The van der Waals surface area contributed by atoms with E-state index in [1.165, 1.54) is 5.56 Å². The third-order valence-electron chi connectivity index (χ3n) is 3.77. The molecule has 2 atom stereocenters. The molecular weight excluding hydrogens is 290 g/mol. The Bertz CT molecular complexity index is 534. The van der Waals surface area contributed by atoms with Crippen molar-refractivity contribution >= 4 is 5.97 Å². The third-order valence-corrected chi connectivity index (χ3v) is 3.77. The summed E-state index contributed by atoms with van der Waals surface area (Å²) in [6.45, 7) is 9.02. The van der Waals surface area contributed by atoms with Crippen molar-refractivity contribution in [1.82, 2.24) is 0 Å². The van der Waals surface area contributed by atoms with Crippen molar-refractivity contribution in [2.75, 3.05) is 13.2 Å². The van der Waals surface area contributed by atoms with E-state index in [9.17, 15) is 4.79 Å². The lowest BCUT2D eigenvalue weighted by Crippen LogP contribution is -2.17. The zero-order valence-electron chi connectivity index (χ0n) is 14.5. The van der Waals surface area contributed by atoms with Crippen LogP contribution >= 0.6 is 0 Å². The number of esters is 1. The van der Waals surface area contributed by atoms with E-state index in [-0.39, 0.29) is 17.8 Å². The minimum Gasteiger partial charge on any atom is -0.465 e. The molecule has 1 rings (SSSR count). The van der Waals surface area contributed by atoms with E-state index in [4.69, 9.17) is 10.3 Å². The minimum absolute atomic E-state index is 0.185. The van der Waals surface area contributed by atoms with E-state index in [1.807, 2.05) is 26.0 Å². The summed E-state index contributed by atoms with van der Waals surface area (Å²) in [7, 11) is 0. The maximum Gasteiger partial charge on any atom is 0.313 e. The van der Waals surface area contributed by atoms with Crippen molar-refractivity contribution in [2.24, 2.45) is 17.0 Å². The van der Waals surface area contributed by atoms with Gasteiger partial charge in [-0.2, -0.15) is 0 Å². The second-order valence-electron chi connectivity index (χ2n) is 6.54. The van der Waals surface area contributed by atoms with E-state index in [2.05, 4.69) is 36.0 Å². The van der Waals surface area contributed by atoms with Crippen LogP contribution in [0.4, 0.5) is 0 Å². The summed E-state index contributed by atoms with van der Waals surface area (Å²) < 4.78 is 5.37. The summed E-state index contributed by atoms with van der Waals surface area (Å²) in [5.74, 6) is 0.324. The minimum atomic E-state index is -0.271. The first-order valence-electron chi connectivity index (χ1n) is 8.20. The summed E-state index contributed by atoms with van der Waals surface area (Å²) >= 11 is 0. The van der Waals surface area contributed by atoms with Crippen LogP contribution in [-0.2, 0) is 16.0 Å². The molecule has 0 amide bonds. The first-order chi connectivity index (χ1) is 10.9. The SMILES string of the molecule is CC(C)Cc1ccc([C@H](C)C(=O)OCC(C)CCN=[N+]=[N-])cc1. The van der Waals surface area contributed by atoms with Crippen LogP contribution in [0.15, 0.2) is 29.4 Å². The van der Waals surface area contributed by atoms with Gasteiger partial charge in [-0.05, 0) is 48.3 Å². The smallest absolute Gasteiger partial charge is 0.313 e. The number of hydrogen-bond acceptors (Lipinski definition) is 3. The van der Waals surface area contributed by atoms with Crippen molar-refractivity contribution in [1.29, 1.82) is 0 Å². The number of benzene rings is 1. The predicted octanol–water partition coefficient (Wildman–Crippen LogP) is 4.87. The van der Waals surface area contributed by atoms with Crippen molar-refractivity contribution in [2.45, 2.75) is 46.5 Å². The molecule has 0 aliphatic heterocycles. The van der Waals surface area contributed by atoms with Gasteiger partial charge >= 0.3 is 5.97 Å². The molecule has 0 bridgehead atoms. The second-order valence-corrected chi connectivity index (χ2v) is 6.54. The van der Waals surface area contributed by atoms with Gasteiger partial charge in [0.15, 0.2) is 0 Å². The monoisotopic (exact) mass is 317 g/mol. The van der Waals surface area contributed by atoms with Gasteiger partial charge in [-0.15, -0.1) is 0 Å². The van der Waals surface area contributed by atoms with Crippen molar-refractivity contribution in [3.05, 3.63) is 45.8 Å². The Morgan fingerprint density at radius 3 is 2.43 bits per heavy atom. The number of rotatable bonds is 9. The highest BCUT2D eigenvalue weighted by Gasteiger charge is 2.17. The van der Waals surface area contributed by atoms with Gasteiger partial charge in [-0.3, -0.25) is 4.79 Å². The molecule has 0 saturated carbocycles. The maximum absolute atomic E-state index is 12.1. The number of azide groups is 1. The topological polar surface area (TPSA) is 75.1 Å². The molecule has 0 aromatic heterocycles. The van der Waals surface area contributed by atoms with Gasteiger partial charge in [-0.25, -0.2) is 0 Å². The van der Waals surface area contributed by atoms with Crippen LogP contribution < -0.4 is 0 Å². The normalized spacial score (nSPS) is 13.3. The molecule has 0 aliphatic carbocycles. The van der Waals surface area contributed by atoms with E-state index >= 15 is 0 Å². The Labute approximate surface area is 138 Å². The first kappa shape index (κ1) is 19.0. The molecule has 1 unspecified atom stereocenters. The van der Waals surface area contributed by atoms with Gasteiger partial charge in [0.05, 0.1) is 12.5 Å². The van der Waals surface area contributed by atoms with Crippen LogP contribution in [0.25, 0.3) is 10.4 Å².